The molecule has 0 fully saturated rings. The molecule has 2 heterocycles. The molecule has 1 atom stereocenters. The summed E-state index contributed by atoms with van der Waals surface area (Å²) in [6.45, 7) is 7.41. The molecule has 2 amide bonds. The van der Waals surface area contributed by atoms with Gasteiger partial charge in [0.25, 0.3) is 5.91 Å². The first kappa shape index (κ1) is 22.4. The van der Waals surface area contributed by atoms with Crippen LogP contribution in [0.1, 0.15) is 48.2 Å². The highest BCUT2D eigenvalue weighted by Crippen LogP contribution is 2.39. The van der Waals surface area contributed by atoms with Gasteiger partial charge in [0, 0.05) is 46.9 Å². The molecule has 0 bridgehead atoms. The number of anilines is 2. The van der Waals surface area contributed by atoms with Gasteiger partial charge in [-0.1, -0.05) is 13.0 Å². The van der Waals surface area contributed by atoms with Gasteiger partial charge < -0.3 is 25.8 Å². The first-order valence-corrected chi connectivity index (χ1v) is 11.1. The molecule has 4 rings (SSSR count). The average Bonchev–Trinajstić information content (AvgIpc) is 2.78. The maximum Gasteiger partial charge on any atom is 0.251 e. The van der Waals surface area contributed by atoms with E-state index in [1.54, 1.807) is 6.20 Å². The van der Waals surface area contributed by atoms with Crippen LogP contribution in [0.4, 0.5) is 11.4 Å². The molecular formula is C25H28N4O4. The lowest BCUT2D eigenvalue weighted by Gasteiger charge is -2.26. The molecule has 33 heavy (non-hydrogen) atoms. The molecule has 2 aromatic carbocycles. The molecule has 3 aromatic rings. The molecule has 0 aliphatic carbocycles. The number of nitrogens with one attached hydrogen (secondary N) is 2. The van der Waals surface area contributed by atoms with Crippen LogP contribution in [0.2, 0.25) is 0 Å². The van der Waals surface area contributed by atoms with Crippen molar-refractivity contribution in [1.29, 1.82) is 0 Å². The van der Waals surface area contributed by atoms with Gasteiger partial charge in [-0.05, 0) is 37.6 Å². The average molecular weight is 449 g/mol. The van der Waals surface area contributed by atoms with Crippen molar-refractivity contribution in [1.82, 2.24) is 10.3 Å². The summed E-state index contributed by atoms with van der Waals surface area (Å²) in [6, 6.07) is 9.30. The minimum absolute atomic E-state index is 0.0213. The number of primary amides is 1. The topological polar surface area (TPSA) is 116 Å². The number of carbonyl (C=O) groups is 2. The number of aromatic nitrogens is 1. The summed E-state index contributed by atoms with van der Waals surface area (Å²) in [5, 5.41) is 7.18. The summed E-state index contributed by atoms with van der Waals surface area (Å²) in [5.41, 5.74) is 9.97. The molecule has 0 spiro atoms. The fourth-order valence-electron chi connectivity index (χ4n) is 4.23. The molecule has 0 saturated heterocycles. The lowest BCUT2D eigenvalue weighted by molar-refractivity contribution is -0.117. The number of carbonyl (C=O) groups excluding carboxylic acids is 2. The van der Waals surface area contributed by atoms with Crippen LogP contribution in [-0.2, 0) is 11.2 Å². The van der Waals surface area contributed by atoms with Crippen molar-refractivity contribution in [2.24, 2.45) is 5.73 Å². The fourth-order valence-corrected chi connectivity index (χ4v) is 4.23. The number of benzene rings is 2. The number of amides is 2. The Kier molecular flexibility index (Phi) is 6.35. The van der Waals surface area contributed by atoms with Crippen molar-refractivity contribution < 1.29 is 19.1 Å². The van der Waals surface area contributed by atoms with E-state index < -0.39 is 5.91 Å². The molecule has 8 nitrogen and oxygen atoms in total. The van der Waals surface area contributed by atoms with Gasteiger partial charge >= 0.3 is 0 Å². The third-order valence-corrected chi connectivity index (χ3v) is 5.65. The fraction of sp³-hybridized carbons (Fsp3) is 0.320. The smallest absolute Gasteiger partial charge is 0.251 e. The van der Waals surface area contributed by atoms with E-state index in [0.29, 0.717) is 53.6 Å². The van der Waals surface area contributed by atoms with E-state index in [2.05, 4.69) is 22.5 Å². The highest BCUT2D eigenvalue weighted by Gasteiger charge is 2.26. The summed E-state index contributed by atoms with van der Waals surface area (Å²) < 4.78 is 11.6. The van der Waals surface area contributed by atoms with Crippen LogP contribution in [-0.4, -0.2) is 36.6 Å². The Morgan fingerprint density at radius 1 is 1.21 bits per heavy atom. The van der Waals surface area contributed by atoms with Crippen LogP contribution in [0.5, 0.6) is 11.5 Å². The van der Waals surface area contributed by atoms with Gasteiger partial charge in [0.05, 0.1) is 30.8 Å². The van der Waals surface area contributed by atoms with Crippen LogP contribution in [0.25, 0.3) is 10.9 Å². The Bertz CT molecular complexity index is 1220. The van der Waals surface area contributed by atoms with Gasteiger partial charge in [0.2, 0.25) is 5.91 Å². The minimum Gasteiger partial charge on any atom is -0.490 e. The molecule has 1 unspecified atom stereocenters. The standard InChI is InChI=1S/C25H28N4O4/c1-4-32-20-10-17-19(11-21(20)33-5-2)27-13-15(9-22(26)30)24(17)29-18-8-6-7-16-23(18)14(3)12-28-25(16)31/h6-8,10-11,13-14H,4-5,9,12H2,1-3H3,(H2,26,30)(H,27,29)(H,28,31). The number of nitrogens with two attached hydrogens (primary N) is 1. The number of hydrogen-bond acceptors (Lipinski definition) is 6. The van der Waals surface area contributed by atoms with Crippen molar-refractivity contribution in [3.8, 4) is 11.5 Å². The zero-order valence-corrected chi connectivity index (χ0v) is 19.0. The van der Waals surface area contributed by atoms with E-state index in [9.17, 15) is 9.59 Å². The second-order valence-corrected chi connectivity index (χ2v) is 7.99. The Labute approximate surface area is 192 Å². The van der Waals surface area contributed by atoms with Gasteiger partial charge in [-0.25, -0.2) is 0 Å². The molecule has 172 valence electrons. The largest absolute Gasteiger partial charge is 0.490 e. The quantitative estimate of drug-likeness (QED) is 0.484. The van der Waals surface area contributed by atoms with Gasteiger partial charge in [0.15, 0.2) is 11.5 Å². The Morgan fingerprint density at radius 3 is 2.64 bits per heavy atom. The van der Waals surface area contributed by atoms with Crippen LogP contribution in [0.15, 0.2) is 36.5 Å². The maximum atomic E-state index is 12.4. The van der Waals surface area contributed by atoms with Gasteiger partial charge in [-0.15, -0.1) is 0 Å². The monoisotopic (exact) mass is 448 g/mol. The molecular weight excluding hydrogens is 420 g/mol. The van der Waals surface area contributed by atoms with E-state index in [1.165, 1.54) is 0 Å². The van der Waals surface area contributed by atoms with E-state index in [1.807, 2.05) is 44.2 Å². The van der Waals surface area contributed by atoms with Crippen molar-refractivity contribution in [2.75, 3.05) is 25.1 Å². The molecule has 8 heteroatoms. The van der Waals surface area contributed by atoms with E-state index in [0.717, 1.165) is 16.6 Å². The summed E-state index contributed by atoms with van der Waals surface area (Å²) in [6.07, 6.45) is 1.67. The van der Waals surface area contributed by atoms with Crippen LogP contribution in [0.3, 0.4) is 0 Å². The summed E-state index contributed by atoms with van der Waals surface area (Å²) >= 11 is 0. The zero-order valence-electron chi connectivity index (χ0n) is 19.0. The number of nitrogens with zero attached hydrogens (tertiary/aromatic N) is 1. The second-order valence-electron chi connectivity index (χ2n) is 7.99. The van der Waals surface area contributed by atoms with Gasteiger partial charge in [-0.3, -0.25) is 14.6 Å². The van der Waals surface area contributed by atoms with Crippen LogP contribution >= 0.6 is 0 Å². The second kappa shape index (κ2) is 9.36. The number of ether oxygens (including phenoxy) is 2. The molecule has 1 aliphatic heterocycles. The predicted molar refractivity (Wildman–Crippen MR) is 127 cm³/mol. The lowest BCUT2D eigenvalue weighted by Crippen LogP contribution is -2.34. The van der Waals surface area contributed by atoms with Crippen molar-refractivity contribution in [3.05, 3.63) is 53.2 Å². The minimum atomic E-state index is -0.460. The van der Waals surface area contributed by atoms with E-state index in [-0.39, 0.29) is 18.2 Å². The van der Waals surface area contributed by atoms with Crippen LogP contribution in [0, 0.1) is 0 Å². The third-order valence-electron chi connectivity index (χ3n) is 5.65. The number of pyridine rings is 1. The van der Waals surface area contributed by atoms with E-state index in [4.69, 9.17) is 15.2 Å². The van der Waals surface area contributed by atoms with Crippen molar-refractivity contribution in [3.63, 3.8) is 0 Å². The van der Waals surface area contributed by atoms with Crippen molar-refractivity contribution >= 4 is 34.1 Å². The lowest BCUT2D eigenvalue weighted by atomic mass is 9.90. The zero-order chi connectivity index (χ0) is 23.5. The molecule has 0 radical (unpaired) electrons. The summed E-state index contributed by atoms with van der Waals surface area (Å²) in [7, 11) is 0. The Morgan fingerprint density at radius 2 is 1.94 bits per heavy atom. The number of rotatable bonds is 8. The molecule has 1 aromatic heterocycles. The summed E-state index contributed by atoms with van der Waals surface area (Å²) in [4.78, 5) is 28.8. The van der Waals surface area contributed by atoms with Gasteiger partial charge in [-0.2, -0.15) is 0 Å². The van der Waals surface area contributed by atoms with Crippen LogP contribution < -0.4 is 25.8 Å². The SMILES string of the molecule is CCOc1cc2ncc(CC(N)=O)c(Nc3cccc4c3C(C)CNC4=O)c2cc1OCC. The maximum absolute atomic E-state index is 12.4. The van der Waals surface area contributed by atoms with Gasteiger partial charge in [0.1, 0.15) is 0 Å². The molecule has 0 saturated carbocycles. The van der Waals surface area contributed by atoms with E-state index >= 15 is 0 Å². The Hall–Kier alpha value is -3.81. The van der Waals surface area contributed by atoms with Crippen molar-refractivity contribution in [2.45, 2.75) is 33.1 Å². The Balaban J connectivity index is 1.91. The highest BCUT2D eigenvalue weighted by atomic mass is 16.5. The first-order valence-electron chi connectivity index (χ1n) is 11.1. The number of fused-ring (bicyclic) bond motifs is 2. The highest BCUT2D eigenvalue weighted by molar-refractivity contribution is 6.01. The first-order chi connectivity index (χ1) is 15.9. The third kappa shape index (κ3) is 4.41. The summed E-state index contributed by atoms with van der Waals surface area (Å²) in [5.74, 6) is 0.769. The molecule has 4 N–H and O–H groups in total. The predicted octanol–water partition coefficient (Wildman–Crippen LogP) is 3.65. The molecule has 1 aliphatic rings. The number of hydrogen-bond donors (Lipinski definition) is 3. The normalized spacial score (nSPS) is 15.0.